The number of sulfonamides is 1. The Morgan fingerprint density at radius 2 is 2.11 bits per heavy atom. The Labute approximate surface area is 112 Å². The lowest BCUT2D eigenvalue weighted by Crippen LogP contribution is -2.57. The molecule has 0 aromatic heterocycles. The highest BCUT2D eigenvalue weighted by atomic mass is 32.2. The van der Waals surface area contributed by atoms with Gasteiger partial charge >= 0.3 is 0 Å². The number of methoxy groups -OCH3 is 1. The number of hydrogen-bond acceptors (Lipinski definition) is 6. The number of hydrogen-bond donors (Lipinski definition) is 3. The van der Waals surface area contributed by atoms with E-state index in [1.54, 1.807) is 24.3 Å². The minimum absolute atomic E-state index is 0.178. The van der Waals surface area contributed by atoms with E-state index in [1.165, 1.54) is 12.1 Å². The molecule has 1 unspecified atom stereocenters. The maximum Gasteiger partial charge on any atom is 0.253 e. The van der Waals surface area contributed by atoms with E-state index in [9.17, 15) is 8.42 Å². The van der Waals surface area contributed by atoms with Crippen LogP contribution in [0, 0.1) is 0 Å². The van der Waals surface area contributed by atoms with E-state index in [2.05, 4.69) is 10.1 Å². The Bertz CT molecular complexity index is 517. The largest absolute Gasteiger partial charge is 0.399 e. The first-order chi connectivity index (χ1) is 9.01. The zero-order valence-corrected chi connectivity index (χ0v) is 11.5. The highest BCUT2D eigenvalue weighted by Crippen LogP contribution is 2.12. The number of nitrogens with two attached hydrogens (primary N) is 1. The highest BCUT2D eigenvalue weighted by Gasteiger charge is 2.23. The van der Waals surface area contributed by atoms with E-state index in [1.807, 2.05) is 0 Å². The molecule has 1 atom stereocenters. The average molecular weight is 286 g/mol. The number of nitrogen functional groups attached to an aromatic ring is 1. The maximum atomic E-state index is 12.2. The quantitative estimate of drug-likeness (QED) is 0.636. The van der Waals surface area contributed by atoms with Gasteiger partial charge in [0.1, 0.15) is 6.23 Å². The summed E-state index contributed by atoms with van der Waals surface area (Å²) in [4.78, 5) is 2.73. The Balaban J connectivity index is 2.06. The lowest BCUT2D eigenvalue weighted by Gasteiger charge is -2.32. The fraction of sp³-hybridized carbons (Fsp3) is 0.455. The van der Waals surface area contributed by atoms with Gasteiger partial charge in [0.05, 0.1) is 11.4 Å². The van der Waals surface area contributed by atoms with Crippen LogP contribution in [0.3, 0.4) is 0 Å². The minimum atomic E-state index is -3.57. The molecule has 1 aliphatic heterocycles. The first-order valence-corrected chi connectivity index (χ1v) is 7.39. The zero-order chi connectivity index (χ0) is 13.9. The molecule has 1 saturated heterocycles. The second-order valence-electron chi connectivity index (χ2n) is 4.29. The van der Waals surface area contributed by atoms with Crippen molar-refractivity contribution in [3.05, 3.63) is 24.3 Å². The molecular formula is C11H18N4O3S. The van der Waals surface area contributed by atoms with Crippen molar-refractivity contribution in [2.24, 2.45) is 0 Å². The van der Waals surface area contributed by atoms with Gasteiger partial charge in [-0.3, -0.25) is 5.32 Å². The van der Waals surface area contributed by atoms with Gasteiger partial charge in [-0.15, -0.1) is 4.83 Å². The molecular weight excluding hydrogens is 268 g/mol. The van der Waals surface area contributed by atoms with Crippen molar-refractivity contribution < 1.29 is 13.2 Å². The van der Waals surface area contributed by atoms with Crippen molar-refractivity contribution in [3.63, 3.8) is 0 Å². The summed E-state index contributed by atoms with van der Waals surface area (Å²) in [5, 5.41) is 4.74. The van der Waals surface area contributed by atoms with E-state index < -0.39 is 10.0 Å². The molecule has 0 bridgehead atoms. The Kier molecular flexibility index (Phi) is 4.38. The number of anilines is 1. The number of ether oxygens (including phenoxy) is 1. The van der Waals surface area contributed by atoms with Crippen LogP contribution < -0.4 is 15.9 Å². The van der Waals surface area contributed by atoms with Crippen LogP contribution >= 0.6 is 0 Å². The molecule has 19 heavy (non-hydrogen) atoms. The van der Waals surface area contributed by atoms with Crippen LogP contribution in [0.1, 0.15) is 0 Å². The van der Waals surface area contributed by atoms with E-state index >= 15 is 0 Å². The summed E-state index contributed by atoms with van der Waals surface area (Å²) >= 11 is 0. The van der Waals surface area contributed by atoms with E-state index in [-0.39, 0.29) is 11.1 Å². The number of piperazine rings is 1. The first kappa shape index (κ1) is 14.2. The van der Waals surface area contributed by atoms with Crippen molar-refractivity contribution in [2.45, 2.75) is 11.1 Å². The Morgan fingerprint density at radius 3 is 2.74 bits per heavy atom. The molecule has 0 radical (unpaired) electrons. The van der Waals surface area contributed by atoms with Crippen LogP contribution in [-0.2, 0) is 14.8 Å². The van der Waals surface area contributed by atoms with Gasteiger partial charge in [-0.1, -0.05) is 0 Å². The van der Waals surface area contributed by atoms with Crippen molar-refractivity contribution in [2.75, 3.05) is 32.5 Å². The summed E-state index contributed by atoms with van der Waals surface area (Å²) < 4.78 is 29.5. The fourth-order valence-corrected chi connectivity index (χ4v) is 2.93. The van der Waals surface area contributed by atoms with Gasteiger partial charge < -0.3 is 10.5 Å². The van der Waals surface area contributed by atoms with Gasteiger partial charge in [-0.05, 0) is 24.3 Å². The smallest absolute Gasteiger partial charge is 0.253 e. The third kappa shape index (κ3) is 3.64. The van der Waals surface area contributed by atoms with Gasteiger partial charge in [0, 0.05) is 25.9 Å². The van der Waals surface area contributed by atoms with Crippen LogP contribution in [0.5, 0.6) is 0 Å². The molecule has 1 fully saturated rings. The average Bonchev–Trinajstić information content (AvgIpc) is 2.39. The van der Waals surface area contributed by atoms with Crippen molar-refractivity contribution in [3.8, 4) is 0 Å². The molecule has 8 heteroatoms. The molecule has 106 valence electrons. The van der Waals surface area contributed by atoms with Crippen molar-refractivity contribution in [1.82, 2.24) is 15.2 Å². The van der Waals surface area contributed by atoms with Gasteiger partial charge in [-0.2, -0.15) is 0 Å². The molecule has 1 heterocycles. The minimum Gasteiger partial charge on any atom is -0.399 e. The SMILES string of the molecule is COC1CN(NS(=O)(=O)c2ccc(N)cc2)CCN1. The summed E-state index contributed by atoms with van der Waals surface area (Å²) in [6.45, 7) is 1.68. The molecule has 4 N–H and O–H groups in total. The Morgan fingerprint density at radius 1 is 1.42 bits per heavy atom. The van der Waals surface area contributed by atoms with Gasteiger partial charge in [0.2, 0.25) is 0 Å². The van der Waals surface area contributed by atoms with E-state index in [0.29, 0.717) is 25.3 Å². The topological polar surface area (TPSA) is 96.7 Å². The number of hydrazine groups is 1. The standard InChI is InChI=1S/C11H18N4O3S/c1-18-11-8-15(7-6-13-11)14-19(16,17)10-4-2-9(12)3-5-10/h2-5,11,13-14H,6-8,12H2,1H3. The second-order valence-corrected chi connectivity index (χ2v) is 5.95. The molecule has 1 aliphatic rings. The van der Waals surface area contributed by atoms with Crippen molar-refractivity contribution in [1.29, 1.82) is 0 Å². The van der Waals surface area contributed by atoms with Crippen molar-refractivity contribution >= 4 is 15.7 Å². The molecule has 0 aliphatic carbocycles. The van der Waals surface area contributed by atoms with Crippen LogP contribution in [0.4, 0.5) is 5.69 Å². The predicted octanol–water partition coefficient (Wildman–Crippen LogP) is -0.660. The molecule has 1 aromatic carbocycles. The Hall–Kier alpha value is -1.19. The van der Waals surface area contributed by atoms with Gasteiger partial charge in [0.25, 0.3) is 10.0 Å². The molecule has 0 spiro atoms. The fourth-order valence-electron chi connectivity index (χ4n) is 1.83. The lowest BCUT2D eigenvalue weighted by molar-refractivity contribution is 0.00855. The number of nitrogens with one attached hydrogen (secondary N) is 2. The van der Waals surface area contributed by atoms with Crippen LogP contribution in [0.15, 0.2) is 29.2 Å². The molecule has 0 amide bonds. The molecule has 7 nitrogen and oxygen atoms in total. The highest BCUT2D eigenvalue weighted by molar-refractivity contribution is 7.89. The first-order valence-electron chi connectivity index (χ1n) is 5.90. The summed E-state index contributed by atoms with van der Waals surface area (Å²) in [5.41, 5.74) is 6.07. The monoisotopic (exact) mass is 286 g/mol. The van der Waals surface area contributed by atoms with Crippen LogP contribution in [0.2, 0.25) is 0 Å². The van der Waals surface area contributed by atoms with Gasteiger partial charge in [-0.25, -0.2) is 13.4 Å². The number of benzene rings is 1. The summed E-state index contributed by atoms with van der Waals surface area (Å²) in [6.07, 6.45) is -0.178. The third-order valence-electron chi connectivity index (χ3n) is 2.86. The number of nitrogens with zero attached hydrogens (tertiary/aromatic N) is 1. The second kappa shape index (κ2) is 5.85. The molecule has 0 saturated carbocycles. The summed E-state index contributed by atoms with van der Waals surface area (Å²) in [7, 11) is -1.99. The van der Waals surface area contributed by atoms with Gasteiger partial charge in [0.15, 0.2) is 0 Å². The maximum absolute atomic E-state index is 12.2. The zero-order valence-electron chi connectivity index (χ0n) is 10.7. The van der Waals surface area contributed by atoms with Crippen LogP contribution in [0.25, 0.3) is 0 Å². The summed E-state index contributed by atoms with van der Waals surface area (Å²) in [6, 6.07) is 6.08. The normalized spacial score (nSPS) is 21.4. The van der Waals surface area contributed by atoms with E-state index in [0.717, 1.165) is 0 Å². The lowest BCUT2D eigenvalue weighted by atomic mass is 10.3. The predicted molar refractivity (Wildman–Crippen MR) is 71.5 cm³/mol. The van der Waals surface area contributed by atoms with E-state index in [4.69, 9.17) is 10.5 Å². The molecule has 1 aromatic rings. The number of rotatable bonds is 4. The summed E-state index contributed by atoms with van der Waals surface area (Å²) in [5.74, 6) is 0. The third-order valence-corrected chi connectivity index (χ3v) is 4.26. The van der Waals surface area contributed by atoms with Crippen LogP contribution in [-0.4, -0.2) is 46.4 Å². The molecule has 2 rings (SSSR count).